The number of rotatable bonds is 2. The lowest BCUT2D eigenvalue weighted by molar-refractivity contribution is 0.509. The number of nitriles is 1. The lowest BCUT2D eigenvalue weighted by Crippen LogP contribution is -1.98. The SMILES string of the molecule is N#Cc1ccc(Nc2ccc3ncsc3c2)c(F)c1F. The molecule has 2 aromatic carbocycles. The monoisotopic (exact) mass is 287 g/mol. The molecule has 0 bridgehead atoms. The molecule has 0 aliphatic heterocycles. The number of fused-ring (bicyclic) bond motifs is 1. The molecule has 3 aromatic rings. The van der Waals surface area contributed by atoms with E-state index in [4.69, 9.17) is 5.26 Å². The fraction of sp³-hybridized carbons (Fsp3) is 0. The zero-order valence-corrected chi connectivity index (χ0v) is 10.8. The van der Waals surface area contributed by atoms with Crippen molar-refractivity contribution in [3.8, 4) is 6.07 Å². The molecule has 3 nitrogen and oxygen atoms in total. The molecule has 0 radical (unpaired) electrons. The first-order valence-corrected chi connectivity index (χ1v) is 6.55. The number of anilines is 2. The summed E-state index contributed by atoms with van der Waals surface area (Å²) in [5.41, 5.74) is 2.88. The molecule has 0 fully saturated rings. The fourth-order valence-electron chi connectivity index (χ4n) is 1.82. The van der Waals surface area contributed by atoms with Crippen LogP contribution < -0.4 is 5.32 Å². The lowest BCUT2D eigenvalue weighted by Gasteiger charge is -2.08. The largest absolute Gasteiger partial charge is 0.353 e. The number of thiazole rings is 1. The lowest BCUT2D eigenvalue weighted by atomic mass is 10.2. The highest BCUT2D eigenvalue weighted by Gasteiger charge is 2.13. The summed E-state index contributed by atoms with van der Waals surface area (Å²) in [6.45, 7) is 0. The van der Waals surface area contributed by atoms with Crippen LogP contribution in [0.25, 0.3) is 10.2 Å². The van der Waals surface area contributed by atoms with E-state index in [1.165, 1.54) is 23.5 Å². The number of benzene rings is 2. The molecular weight excluding hydrogens is 280 g/mol. The minimum atomic E-state index is -1.14. The van der Waals surface area contributed by atoms with Crippen molar-refractivity contribution in [1.29, 1.82) is 5.26 Å². The third-order valence-corrected chi connectivity index (χ3v) is 3.60. The zero-order chi connectivity index (χ0) is 14.1. The Morgan fingerprint density at radius 3 is 2.80 bits per heavy atom. The first-order valence-electron chi connectivity index (χ1n) is 5.67. The molecule has 0 saturated heterocycles. The second-order valence-electron chi connectivity index (χ2n) is 4.06. The van der Waals surface area contributed by atoms with Gasteiger partial charge in [0, 0.05) is 5.69 Å². The normalized spacial score (nSPS) is 10.4. The second-order valence-corrected chi connectivity index (χ2v) is 4.95. The van der Waals surface area contributed by atoms with E-state index in [9.17, 15) is 8.78 Å². The summed E-state index contributed by atoms with van der Waals surface area (Å²) in [5.74, 6) is -2.20. The van der Waals surface area contributed by atoms with Crippen LogP contribution in [-0.4, -0.2) is 4.98 Å². The summed E-state index contributed by atoms with van der Waals surface area (Å²) in [6, 6.07) is 9.52. The van der Waals surface area contributed by atoms with E-state index in [-0.39, 0.29) is 11.3 Å². The topological polar surface area (TPSA) is 48.7 Å². The van der Waals surface area contributed by atoms with Crippen molar-refractivity contribution in [3.63, 3.8) is 0 Å². The van der Waals surface area contributed by atoms with Gasteiger partial charge in [-0.2, -0.15) is 5.26 Å². The van der Waals surface area contributed by atoms with Crippen LogP contribution in [0.2, 0.25) is 0 Å². The van der Waals surface area contributed by atoms with Gasteiger partial charge in [0.1, 0.15) is 6.07 Å². The van der Waals surface area contributed by atoms with Gasteiger partial charge in [0.2, 0.25) is 0 Å². The standard InChI is InChI=1S/C14H7F2N3S/c15-13-8(6-17)1-3-11(14(13)16)19-9-2-4-10-12(5-9)20-7-18-10/h1-5,7,19H. The van der Waals surface area contributed by atoms with Gasteiger partial charge < -0.3 is 5.32 Å². The van der Waals surface area contributed by atoms with E-state index in [0.29, 0.717) is 5.69 Å². The second kappa shape index (κ2) is 4.87. The van der Waals surface area contributed by atoms with Crippen molar-refractivity contribution < 1.29 is 8.78 Å². The van der Waals surface area contributed by atoms with Gasteiger partial charge in [0.25, 0.3) is 0 Å². The summed E-state index contributed by atoms with van der Waals surface area (Å²) in [4.78, 5) is 4.14. The van der Waals surface area contributed by atoms with Gasteiger partial charge in [0.15, 0.2) is 11.6 Å². The van der Waals surface area contributed by atoms with Gasteiger partial charge in [0.05, 0.1) is 27.0 Å². The molecule has 1 aromatic heterocycles. The van der Waals surface area contributed by atoms with E-state index >= 15 is 0 Å². The Labute approximate surface area is 117 Å². The molecule has 20 heavy (non-hydrogen) atoms. The summed E-state index contributed by atoms with van der Waals surface area (Å²) < 4.78 is 28.3. The highest BCUT2D eigenvalue weighted by Crippen LogP contribution is 2.27. The minimum Gasteiger partial charge on any atom is -0.353 e. The fourth-order valence-corrected chi connectivity index (χ4v) is 2.54. The molecule has 0 spiro atoms. The number of nitrogens with one attached hydrogen (secondary N) is 1. The molecule has 0 saturated carbocycles. The van der Waals surface area contributed by atoms with E-state index in [2.05, 4.69) is 10.3 Å². The van der Waals surface area contributed by atoms with Crippen molar-refractivity contribution in [2.75, 3.05) is 5.32 Å². The van der Waals surface area contributed by atoms with Gasteiger partial charge in [-0.25, -0.2) is 13.8 Å². The Balaban J connectivity index is 1.98. The van der Waals surface area contributed by atoms with Crippen LogP contribution in [-0.2, 0) is 0 Å². The molecule has 1 heterocycles. The number of hydrogen-bond donors (Lipinski definition) is 1. The van der Waals surface area contributed by atoms with E-state index in [1.807, 2.05) is 6.07 Å². The van der Waals surface area contributed by atoms with Crippen molar-refractivity contribution in [1.82, 2.24) is 4.98 Å². The van der Waals surface area contributed by atoms with Gasteiger partial charge in [-0.05, 0) is 30.3 Å². The quantitative estimate of drug-likeness (QED) is 0.768. The summed E-state index contributed by atoms with van der Waals surface area (Å²) >= 11 is 1.46. The molecule has 1 N–H and O–H groups in total. The van der Waals surface area contributed by atoms with E-state index in [0.717, 1.165) is 10.2 Å². The molecule has 0 amide bonds. The Morgan fingerprint density at radius 2 is 2.00 bits per heavy atom. The van der Waals surface area contributed by atoms with E-state index < -0.39 is 11.6 Å². The molecule has 0 unspecified atom stereocenters. The van der Waals surface area contributed by atoms with Crippen LogP contribution in [0.3, 0.4) is 0 Å². The zero-order valence-electron chi connectivity index (χ0n) is 10.0. The van der Waals surface area contributed by atoms with Crippen LogP contribution in [0.15, 0.2) is 35.8 Å². The molecule has 0 aliphatic rings. The molecule has 98 valence electrons. The van der Waals surface area contributed by atoms with Crippen molar-refractivity contribution in [2.45, 2.75) is 0 Å². The summed E-state index contributed by atoms with van der Waals surface area (Å²) in [7, 11) is 0. The number of halogens is 2. The number of nitrogens with zero attached hydrogens (tertiary/aromatic N) is 2. The average Bonchev–Trinajstić information content (AvgIpc) is 2.92. The summed E-state index contributed by atoms with van der Waals surface area (Å²) in [6.07, 6.45) is 0. The first kappa shape index (κ1) is 12.5. The van der Waals surface area contributed by atoms with Crippen LogP contribution in [0, 0.1) is 23.0 Å². The maximum absolute atomic E-state index is 13.8. The van der Waals surface area contributed by atoms with Crippen LogP contribution in [0.4, 0.5) is 20.2 Å². The molecule has 3 rings (SSSR count). The molecular formula is C14H7F2N3S. The van der Waals surface area contributed by atoms with Crippen molar-refractivity contribution in [3.05, 3.63) is 53.0 Å². The average molecular weight is 287 g/mol. The molecule has 6 heteroatoms. The number of hydrogen-bond acceptors (Lipinski definition) is 4. The predicted molar refractivity (Wildman–Crippen MR) is 74.0 cm³/mol. The molecule has 0 atom stereocenters. The summed E-state index contributed by atoms with van der Waals surface area (Å²) in [5, 5.41) is 11.4. The van der Waals surface area contributed by atoms with Gasteiger partial charge in [-0.1, -0.05) is 0 Å². The van der Waals surface area contributed by atoms with Crippen LogP contribution in [0.1, 0.15) is 5.56 Å². The maximum atomic E-state index is 13.8. The smallest absolute Gasteiger partial charge is 0.183 e. The number of aromatic nitrogens is 1. The molecule has 0 aliphatic carbocycles. The third-order valence-electron chi connectivity index (χ3n) is 2.81. The third kappa shape index (κ3) is 2.08. The first-order chi connectivity index (χ1) is 9.69. The predicted octanol–water partition coefficient (Wildman–Crippen LogP) is 4.19. The Kier molecular flexibility index (Phi) is 3.05. The highest BCUT2D eigenvalue weighted by molar-refractivity contribution is 7.16. The Morgan fingerprint density at radius 1 is 1.15 bits per heavy atom. The van der Waals surface area contributed by atoms with Gasteiger partial charge >= 0.3 is 0 Å². The van der Waals surface area contributed by atoms with Crippen molar-refractivity contribution in [2.24, 2.45) is 0 Å². The van der Waals surface area contributed by atoms with Gasteiger partial charge in [-0.3, -0.25) is 0 Å². The Hall–Kier alpha value is -2.52. The highest BCUT2D eigenvalue weighted by atomic mass is 32.1. The van der Waals surface area contributed by atoms with E-state index in [1.54, 1.807) is 23.7 Å². The minimum absolute atomic E-state index is 0.00892. The van der Waals surface area contributed by atoms with Gasteiger partial charge in [-0.15, -0.1) is 11.3 Å². The van der Waals surface area contributed by atoms with Crippen molar-refractivity contribution >= 4 is 32.9 Å². The maximum Gasteiger partial charge on any atom is 0.183 e. The van der Waals surface area contributed by atoms with Crippen LogP contribution in [0.5, 0.6) is 0 Å². The Bertz CT molecular complexity index is 836. The van der Waals surface area contributed by atoms with Crippen LogP contribution >= 0.6 is 11.3 Å².